The van der Waals surface area contributed by atoms with Gasteiger partial charge >= 0.3 is 0 Å². The van der Waals surface area contributed by atoms with E-state index in [1.807, 2.05) is 27.0 Å². The van der Waals surface area contributed by atoms with Crippen molar-refractivity contribution in [2.75, 3.05) is 11.6 Å². The normalized spacial score (nSPS) is 10.8. The van der Waals surface area contributed by atoms with Crippen LogP contribution in [0.1, 0.15) is 21.1 Å². The monoisotopic (exact) mass is 314 g/mol. The van der Waals surface area contributed by atoms with Crippen molar-refractivity contribution >= 4 is 40.5 Å². The highest BCUT2D eigenvalue weighted by molar-refractivity contribution is 7.98. The third-order valence-corrected chi connectivity index (χ3v) is 4.65. The van der Waals surface area contributed by atoms with Crippen LogP contribution in [0.4, 0.5) is 5.82 Å². The number of rotatable bonds is 4. The summed E-state index contributed by atoms with van der Waals surface area (Å²) in [5, 5.41) is 5.58. The molecule has 0 aliphatic rings. The number of aromatic nitrogens is 3. The highest BCUT2D eigenvalue weighted by Crippen LogP contribution is 2.25. The van der Waals surface area contributed by atoms with E-state index in [2.05, 4.69) is 20.3 Å². The molecular weight excluding hydrogens is 300 g/mol. The van der Waals surface area contributed by atoms with Gasteiger partial charge in [0.1, 0.15) is 11.0 Å². The Kier molecular flexibility index (Phi) is 4.65. The molecule has 0 aliphatic carbocycles. The summed E-state index contributed by atoms with van der Waals surface area (Å²) in [7, 11) is 0. The maximum absolute atomic E-state index is 6.10. The first kappa shape index (κ1) is 14.6. The fraction of sp³-hybridized carbons (Fsp3) is 0.417. The molecular formula is C12H15ClN4S2. The van der Waals surface area contributed by atoms with Crippen LogP contribution in [0.5, 0.6) is 0 Å². The van der Waals surface area contributed by atoms with Crippen molar-refractivity contribution < 1.29 is 0 Å². The Morgan fingerprint density at radius 3 is 2.53 bits per heavy atom. The lowest BCUT2D eigenvalue weighted by atomic mass is 10.3. The molecule has 19 heavy (non-hydrogen) atoms. The van der Waals surface area contributed by atoms with Crippen LogP contribution < -0.4 is 5.32 Å². The summed E-state index contributed by atoms with van der Waals surface area (Å²) in [4.78, 5) is 14.3. The molecule has 1 N–H and O–H groups in total. The van der Waals surface area contributed by atoms with Crippen LogP contribution >= 0.6 is 34.7 Å². The minimum absolute atomic E-state index is 0.499. The van der Waals surface area contributed by atoms with E-state index in [0.29, 0.717) is 16.9 Å². The number of aryl methyl sites for hydroxylation is 2. The van der Waals surface area contributed by atoms with Gasteiger partial charge in [0, 0.05) is 10.4 Å². The highest BCUT2D eigenvalue weighted by Gasteiger charge is 2.10. The van der Waals surface area contributed by atoms with Crippen LogP contribution in [-0.2, 0) is 6.54 Å². The first-order chi connectivity index (χ1) is 9.01. The van der Waals surface area contributed by atoms with E-state index in [9.17, 15) is 0 Å². The molecule has 102 valence electrons. The molecule has 2 heterocycles. The smallest absolute Gasteiger partial charge is 0.190 e. The van der Waals surface area contributed by atoms with Crippen molar-refractivity contribution in [2.24, 2.45) is 0 Å². The number of nitrogens with one attached hydrogen (secondary N) is 1. The Labute approximate surface area is 126 Å². The van der Waals surface area contributed by atoms with Gasteiger partial charge in [0.05, 0.1) is 17.2 Å². The second-order valence-corrected chi connectivity index (χ2v) is 6.49. The summed E-state index contributed by atoms with van der Waals surface area (Å²) in [6, 6.07) is 0. The number of hydrogen-bond donors (Lipinski definition) is 1. The highest BCUT2D eigenvalue weighted by atomic mass is 35.5. The van der Waals surface area contributed by atoms with Crippen LogP contribution in [0.3, 0.4) is 0 Å². The predicted molar refractivity (Wildman–Crippen MR) is 82.5 cm³/mol. The Balaban J connectivity index is 2.19. The standard InChI is InChI=1S/C12H15ClN4S2/c1-6-10(13)16-12(18-4)17-11(6)14-5-9-7(2)15-8(3)19-9/h5H2,1-4H3,(H,14,16,17). The zero-order valence-electron chi connectivity index (χ0n) is 11.2. The van der Waals surface area contributed by atoms with Gasteiger partial charge in [0.15, 0.2) is 5.16 Å². The van der Waals surface area contributed by atoms with Gasteiger partial charge in [-0.2, -0.15) is 0 Å². The van der Waals surface area contributed by atoms with Gasteiger partial charge in [-0.1, -0.05) is 23.4 Å². The van der Waals surface area contributed by atoms with Crippen molar-refractivity contribution in [1.29, 1.82) is 0 Å². The number of anilines is 1. The first-order valence-corrected chi connectivity index (χ1v) is 8.18. The molecule has 0 bridgehead atoms. The molecule has 7 heteroatoms. The number of thioether (sulfide) groups is 1. The Bertz CT molecular complexity index is 598. The van der Waals surface area contributed by atoms with Crippen LogP contribution in [0, 0.1) is 20.8 Å². The van der Waals surface area contributed by atoms with Crippen LogP contribution in [-0.4, -0.2) is 21.2 Å². The number of thiazole rings is 1. The quantitative estimate of drug-likeness (QED) is 0.528. The third kappa shape index (κ3) is 3.38. The van der Waals surface area contributed by atoms with Gasteiger partial charge in [-0.05, 0) is 27.0 Å². The second kappa shape index (κ2) is 6.07. The van der Waals surface area contributed by atoms with Gasteiger partial charge < -0.3 is 5.32 Å². The van der Waals surface area contributed by atoms with Crippen molar-refractivity contribution in [3.05, 3.63) is 26.3 Å². The minimum Gasteiger partial charge on any atom is -0.365 e. The molecule has 2 aromatic rings. The lowest BCUT2D eigenvalue weighted by Gasteiger charge is -2.10. The molecule has 0 aliphatic heterocycles. The van der Waals surface area contributed by atoms with E-state index in [1.165, 1.54) is 16.6 Å². The van der Waals surface area contributed by atoms with E-state index in [4.69, 9.17) is 11.6 Å². The number of nitrogens with zero attached hydrogens (tertiary/aromatic N) is 3. The zero-order valence-corrected chi connectivity index (χ0v) is 13.6. The summed E-state index contributed by atoms with van der Waals surface area (Å²) >= 11 is 9.28. The molecule has 0 unspecified atom stereocenters. The third-order valence-electron chi connectivity index (χ3n) is 2.66. The molecule has 0 saturated carbocycles. The minimum atomic E-state index is 0.499. The lowest BCUT2D eigenvalue weighted by molar-refractivity contribution is 0.941. The summed E-state index contributed by atoms with van der Waals surface area (Å²) in [6.45, 7) is 6.66. The van der Waals surface area contributed by atoms with Crippen molar-refractivity contribution in [3.63, 3.8) is 0 Å². The van der Waals surface area contributed by atoms with Gasteiger partial charge in [-0.3, -0.25) is 0 Å². The fourth-order valence-electron chi connectivity index (χ4n) is 1.63. The molecule has 0 spiro atoms. The van der Waals surface area contributed by atoms with E-state index >= 15 is 0 Å². The molecule has 0 radical (unpaired) electrons. The summed E-state index contributed by atoms with van der Waals surface area (Å²) in [5.74, 6) is 0.787. The average molecular weight is 315 g/mol. The molecule has 0 saturated heterocycles. The van der Waals surface area contributed by atoms with Crippen LogP contribution in [0.15, 0.2) is 5.16 Å². The second-order valence-electron chi connectivity index (χ2n) is 4.07. The van der Waals surface area contributed by atoms with Crippen molar-refractivity contribution in [1.82, 2.24) is 15.0 Å². The average Bonchev–Trinajstić information content (AvgIpc) is 2.69. The van der Waals surface area contributed by atoms with E-state index in [-0.39, 0.29) is 0 Å². The zero-order chi connectivity index (χ0) is 14.0. The SMILES string of the molecule is CSc1nc(Cl)c(C)c(NCc2sc(C)nc2C)n1. The summed E-state index contributed by atoms with van der Waals surface area (Å²) < 4.78 is 0. The van der Waals surface area contributed by atoms with Gasteiger partial charge in [-0.15, -0.1) is 11.3 Å². The van der Waals surface area contributed by atoms with Gasteiger partial charge in [0.2, 0.25) is 0 Å². The van der Waals surface area contributed by atoms with Gasteiger partial charge in [-0.25, -0.2) is 15.0 Å². The number of hydrogen-bond acceptors (Lipinski definition) is 6. The Morgan fingerprint density at radius 2 is 1.95 bits per heavy atom. The maximum atomic E-state index is 6.10. The van der Waals surface area contributed by atoms with Crippen LogP contribution in [0.2, 0.25) is 5.15 Å². The van der Waals surface area contributed by atoms with E-state index in [0.717, 1.165) is 22.1 Å². The molecule has 0 fully saturated rings. The van der Waals surface area contributed by atoms with Gasteiger partial charge in [0.25, 0.3) is 0 Å². The predicted octanol–water partition coefficient (Wildman–Crippen LogP) is 3.85. The fourth-order valence-corrected chi connectivity index (χ4v) is 3.10. The van der Waals surface area contributed by atoms with Crippen molar-refractivity contribution in [3.8, 4) is 0 Å². The molecule has 0 atom stereocenters. The van der Waals surface area contributed by atoms with E-state index < -0.39 is 0 Å². The molecule has 0 aromatic carbocycles. The molecule has 2 aromatic heterocycles. The summed E-state index contributed by atoms with van der Waals surface area (Å²) in [6.07, 6.45) is 1.93. The molecule has 0 amide bonds. The topological polar surface area (TPSA) is 50.7 Å². The Morgan fingerprint density at radius 1 is 1.21 bits per heavy atom. The molecule has 2 rings (SSSR count). The molecule has 4 nitrogen and oxygen atoms in total. The largest absolute Gasteiger partial charge is 0.365 e. The maximum Gasteiger partial charge on any atom is 0.190 e. The Hall–Kier alpha value is -0.850. The number of halogens is 1. The van der Waals surface area contributed by atoms with E-state index in [1.54, 1.807) is 11.3 Å². The first-order valence-electron chi connectivity index (χ1n) is 5.76. The lowest BCUT2D eigenvalue weighted by Crippen LogP contribution is -2.05. The van der Waals surface area contributed by atoms with Crippen LogP contribution in [0.25, 0.3) is 0 Å². The summed E-state index contributed by atoms with van der Waals surface area (Å²) in [5.41, 5.74) is 1.94. The van der Waals surface area contributed by atoms with Crippen molar-refractivity contribution in [2.45, 2.75) is 32.5 Å².